The fraction of sp³-hybridized carbons (Fsp3) is 0.0800. The molecule has 6 nitrogen and oxygen atoms in total. The van der Waals surface area contributed by atoms with E-state index in [0.29, 0.717) is 45.4 Å². The van der Waals surface area contributed by atoms with Gasteiger partial charge in [-0.3, -0.25) is 0 Å². The van der Waals surface area contributed by atoms with Crippen LogP contribution in [0.3, 0.4) is 0 Å². The average Bonchev–Trinajstić information content (AvgIpc) is 2.84. The smallest absolute Gasteiger partial charge is 0.138 e. The molecule has 2 aliphatic rings. The molecular weight excluding hydrogens is 384 g/mol. The molecule has 5 rings (SSSR count). The first-order valence-corrected chi connectivity index (χ1v) is 9.76. The van der Waals surface area contributed by atoms with Crippen molar-refractivity contribution in [2.75, 3.05) is 0 Å². The summed E-state index contributed by atoms with van der Waals surface area (Å²) in [6.45, 7) is 1.82. The third-order valence-corrected chi connectivity index (χ3v) is 5.47. The number of nitrogens with one attached hydrogen (secondary N) is 1. The molecular formula is C25H16N6. The number of rotatable bonds is 0. The van der Waals surface area contributed by atoms with Crippen molar-refractivity contribution in [3.8, 4) is 23.5 Å². The Bertz CT molecular complexity index is 1400. The van der Waals surface area contributed by atoms with E-state index in [9.17, 15) is 10.5 Å². The number of nitriles is 2. The lowest BCUT2D eigenvalue weighted by atomic mass is 9.83. The van der Waals surface area contributed by atoms with Gasteiger partial charge in [-0.05, 0) is 55.5 Å². The van der Waals surface area contributed by atoms with Gasteiger partial charge < -0.3 is 5.32 Å². The first kappa shape index (κ1) is 18.5. The zero-order valence-corrected chi connectivity index (χ0v) is 16.7. The van der Waals surface area contributed by atoms with Crippen LogP contribution in [0.25, 0.3) is 22.7 Å². The molecule has 0 saturated heterocycles. The van der Waals surface area contributed by atoms with Crippen LogP contribution in [-0.4, -0.2) is 15.0 Å². The van der Waals surface area contributed by atoms with Gasteiger partial charge >= 0.3 is 0 Å². The Morgan fingerprint density at radius 2 is 1.42 bits per heavy atom. The standard InChI is InChI=1S/C25H16N6/c1-25(15-27)23-12-4-10-21(30-23)19-8-2-6-17(28-19)16(14-26)18-7-3-9-20(29-18)22-11-5-13-24(25)31-22/h2-13,28H,1H3/b17-16-. The molecule has 0 aliphatic carbocycles. The minimum Gasteiger partial charge on any atom is -0.353 e. The Morgan fingerprint density at radius 1 is 0.806 bits per heavy atom. The fourth-order valence-corrected chi connectivity index (χ4v) is 3.70. The van der Waals surface area contributed by atoms with E-state index in [1.165, 1.54) is 0 Å². The lowest BCUT2D eigenvalue weighted by Crippen LogP contribution is -2.25. The number of hydrogen-bond donors (Lipinski definition) is 1. The third kappa shape index (κ3) is 2.99. The Kier molecular flexibility index (Phi) is 4.20. The van der Waals surface area contributed by atoms with Gasteiger partial charge in [0.25, 0.3) is 0 Å². The molecule has 2 aliphatic heterocycles. The number of nitrogens with zero attached hydrogens (tertiary/aromatic N) is 5. The molecule has 0 amide bonds. The van der Waals surface area contributed by atoms with Gasteiger partial charge in [0.05, 0.1) is 51.6 Å². The van der Waals surface area contributed by atoms with Gasteiger partial charge in [-0.1, -0.05) is 24.3 Å². The predicted molar refractivity (Wildman–Crippen MR) is 117 cm³/mol. The van der Waals surface area contributed by atoms with Gasteiger partial charge in [0.15, 0.2) is 0 Å². The summed E-state index contributed by atoms with van der Waals surface area (Å²) in [5.74, 6) is 0. The summed E-state index contributed by atoms with van der Waals surface area (Å²) in [7, 11) is 0. The summed E-state index contributed by atoms with van der Waals surface area (Å²) < 4.78 is 0. The summed E-state index contributed by atoms with van der Waals surface area (Å²) in [5, 5.41) is 23.3. The molecule has 0 spiro atoms. The van der Waals surface area contributed by atoms with Crippen LogP contribution in [0.5, 0.6) is 0 Å². The number of aromatic nitrogens is 3. The van der Waals surface area contributed by atoms with Crippen LogP contribution in [-0.2, 0) is 5.41 Å². The molecule has 0 saturated carbocycles. The highest BCUT2D eigenvalue weighted by atomic mass is 14.9. The van der Waals surface area contributed by atoms with Crippen LogP contribution < -0.4 is 5.32 Å². The number of hydrogen-bond acceptors (Lipinski definition) is 6. The van der Waals surface area contributed by atoms with Gasteiger partial charge in [0, 0.05) is 0 Å². The van der Waals surface area contributed by atoms with Crippen molar-refractivity contribution in [1.29, 1.82) is 10.5 Å². The lowest BCUT2D eigenvalue weighted by Gasteiger charge is -2.23. The van der Waals surface area contributed by atoms with Crippen LogP contribution in [0.15, 0.2) is 78.5 Å². The SMILES string of the molecule is CC1(C#N)c2cccc(n2)C2=CC=C/C(=C(\C#N)c3cccc(n3)-c3cccc1n3)N2. The highest BCUT2D eigenvalue weighted by Gasteiger charge is 2.33. The minimum atomic E-state index is -1.05. The highest BCUT2D eigenvalue weighted by Crippen LogP contribution is 2.32. The second kappa shape index (κ2) is 7.05. The van der Waals surface area contributed by atoms with Gasteiger partial charge in [0.2, 0.25) is 0 Å². The van der Waals surface area contributed by atoms with Crippen molar-refractivity contribution in [3.05, 3.63) is 101 Å². The Balaban J connectivity index is 1.86. The van der Waals surface area contributed by atoms with Crippen molar-refractivity contribution in [1.82, 2.24) is 20.3 Å². The van der Waals surface area contributed by atoms with Gasteiger partial charge in [-0.2, -0.15) is 10.5 Å². The second-order valence-electron chi connectivity index (χ2n) is 7.43. The average molecular weight is 400 g/mol. The normalized spacial score (nSPS) is 21.1. The second-order valence-corrected chi connectivity index (χ2v) is 7.43. The molecule has 1 N–H and O–H groups in total. The monoisotopic (exact) mass is 400 g/mol. The van der Waals surface area contributed by atoms with Crippen molar-refractivity contribution < 1.29 is 0 Å². The van der Waals surface area contributed by atoms with Crippen molar-refractivity contribution in [2.45, 2.75) is 12.3 Å². The quantitative estimate of drug-likeness (QED) is 0.610. The summed E-state index contributed by atoms with van der Waals surface area (Å²) >= 11 is 0. The van der Waals surface area contributed by atoms with Gasteiger partial charge in [0.1, 0.15) is 17.1 Å². The number of fused-ring (bicyclic) bond motifs is 10. The van der Waals surface area contributed by atoms with Crippen LogP contribution in [0.1, 0.15) is 29.7 Å². The van der Waals surface area contributed by atoms with Crippen molar-refractivity contribution in [2.24, 2.45) is 0 Å². The molecule has 0 radical (unpaired) electrons. The summed E-state index contributed by atoms with van der Waals surface area (Å²) in [6, 6.07) is 21.3. The van der Waals surface area contributed by atoms with Crippen molar-refractivity contribution in [3.63, 3.8) is 0 Å². The lowest BCUT2D eigenvalue weighted by molar-refractivity contribution is 0.681. The summed E-state index contributed by atoms with van der Waals surface area (Å²) in [5.41, 5.74) is 4.41. The molecule has 3 aromatic rings. The topological polar surface area (TPSA) is 98.3 Å². The molecule has 6 heteroatoms. The number of allylic oxidation sites excluding steroid dienone is 4. The Labute approximate surface area is 179 Å². The van der Waals surface area contributed by atoms with E-state index in [4.69, 9.17) is 15.0 Å². The van der Waals surface area contributed by atoms with Crippen LogP contribution in [0.4, 0.5) is 0 Å². The molecule has 5 heterocycles. The number of dihydropyridines is 1. The molecule has 1 atom stereocenters. The van der Waals surface area contributed by atoms with Gasteiger partial charge in [-0.15, -0.1) is 0 Å². The molecule has 8 bridgehead atoms. The minimum absolute atomic E-state index is 0.426. The predicted octanol–water partition coefficient (Wildman–Crippen LogP) is 4.12. The summed E-state index contributed by atoms with van der Waals surface area (Å²) in [6.07, 6.45) is 5.60. The van der Waals surface area contributed by atoms with Crippen LogP contribution in [0, 0.1) is 22.7 Å². The van der Waals surface area contributed by atoms with E-state index in [1.807, 2.05) is 73.7 Å². The van der Waals surface area contributed by atoms with Crippen LogP contribution >= 0.6 is 0 Å². The molecule has 3 aromatic heterocycles. The molecule has 31 heavy (non-hydrogen) atoms. The largest absolute Gasteiger partial charge is 0.353 e. The van der Waals surface area contributed by atoms with E-state index in [-0.39, 0.29) is 0 Å². The molecule has 0 fully saturated rings. The highest BCUT2D eigenvalue weighted by molar-refractivity contribution is 5.83. The van der Waals surface area contributed by atoms with E-state index in [0.717, 1.165) is 5.70 Å². The molecule has 1 unspecified atom stereocenters. The zero-order valence-electron chi connectivity index (χ0n) is 16.7. The van der Waals surface area contributed by atoms with Crippen LogP contribution in [0.2, 0.25) is 0 Å². The fourth-order valence-electron chi connectivity index (χ4n) is 3.70. The maximum atomic E-state index is 10.1. The first-order valence-electron chi connectivity index (χ1n) is 9.76. The molecule has 146 valence electrons. The zero-order chi connectivity index (χ0) is 21.4. The third-order valence-electron chi connectivity index (χ3n) is 5.47. The van der Waals surface area contributed by atoms with E-state index >= 15 is 0 Å². The van der Waals surface area contributed by atoms with E-state index in [1.54, 1.807) is 6.07 Å². The maximum absolute atomic E-state index is 10.1. The molecule has 0 aromatic carbocycles. The van der Waals surface area contributed by atoms with E-state index in [2.05, 4.69) is 17.5 Å². The van der Waals surface area contributed by atoms with E-state index < -0.39 is 5.41 Å². The maximum Gasteiger partial charge on any atom is 0.138 e. The van der Waals surface area contributed by atoms with Crippen molar-refractivity contribution >= 4 is 11.3 Å². The Morgan fingerprint density at radius 3 is 2.13 bits per heavy atom. The Hall–Kier alpha value is -4.55. The summed E-state index contributed by atoms with van der Waals surface area (Å²) in [4.78, 5) is 14.3. The number of pyridine rings is 3. The van der Waals surface area contributed by atoms with Gasteiger partial charge in [-0.25, -0.2) is 15.0 Å². The first-order chi connectivity index (χ1) is 15.1.